The van der Waals surface area contributed by atoms with Gasteiger partial charge in [-0.15, -0.1) is 0 Å². The van der Waals surface area contributed by atoms with Crippen molar-refractivity contribution in [2.45, 2.75) is 32.3 Å². The highest BCUT2D eigenvalue weighted by molar-refractivity contribution is 6.21. The molecule has 3 heterocycles. The van der Waals surface area contributed by atoms with Crippen LogP contribution in [0.5, 0.6) is 0 Å². The Bertz CT molecular complexity index is 1430. The molecule has 4 rings (SSSR count). The van der Waals surface area contributed by atoms with Crippen molar-refractivity contribution in [1.29, 1.82) is 5.41 Å². The number of nitrogens with zero attached hydrogens (tertiary/aromatic N) is 2. The third-order valence-electron chi connectivity index (χ3n) is 6.30. The molecule has 0 saturated carbocycles. The van der Waals surface area contributed by atoms with E-state index in [4.69, 9.17) is 10.1 Å². The van der Waals surface area contributed by atoms with Gasteiger partial charge in [0.1, 0.15) is 11.3 Å². The van der Waals surface area contributed by atoms with E-state index in [-0.39, 0.29) is 24.5 Å². The maximum absolute atomic E-state index is 13.7. The second-order valence-electron chi connectivity index (χ2n) is 9.42. The lowest BCUT2D eigenvalue weighted by atomic mass is 9.85. The number of aryl methyl sites for hydroxylation is 1. The second kappa shape index (κ2) is 10.4. The van der Waals surface area contributed by atoms with Crippen LogP contribution in [-0.2, 0) is 16.3 Å². The van der Waals surface area contributed by atoms with Gasteiger partial charge in [0.25, 0.3) is 11.8 Å². The highest BCUT2D eigenvalue weighted by Gasteiger charge is 2.41. The first kappa shape index (κ1) is 27.0. The molecule has 0 atom stereocenters. The van der Waals surface area contributed by atoms with E-state index in [1.807, 2.05) is 19.1 Å². The van der Waals surface area contributed by atoms with Gasteiger partial charge in [0.15, 0.2) is 0 Å². The number of allylic oxidation sites excluding steroid dienone is 1. The van der Waals surface area contributed by atoms with Gasteiger partial charge >= 0.3 is 0 Å². The monoisotopic (exact) mass is 521 g/mol. The number of carbonyl (C=O) groups excluding carboxylic acids is 1. The first-order chi connectivity index (χ1) is 17.9. The lowest BCUT2D eigenvalue weighted by Gasteiger charge is -2.38. The summed E-state index contributed by atoms with van der Waals surface area (Å²) < 4.78 is 32.6. The standard InChI is InChI=1S/C28H29F2N5O3/c1-16-5-6-20(35-26(36)18-7-8-33-24(10-18)27(3,29)30)11-21(16)19-9-23(28(37)14-38-15-28)25(34-12-19)22(13-32-4)17(2)31/h5-13,31-32,37H,14-15H2,1-4H3,(H,35,36)/b22-13+,31-17?. The molecule has 1 aliphatic rings. The Morgan fingerprint density at radius 2 is 1.95 bits per heavy atom. The molecule has 1 amide bonds. The number of rotatable bonds is 8. The van der Waals surface area contributed by atoms with Crippen molar-refractivity contribution < 1.29 is 23.4 Å². The second-order valence-corrected chi connectivity index (χ2v) is 9.42. The Morgan fingerprint density at radius 3 is 2.55 bits per heavy atom. The molecular weight excluding hydrogens is 492 g/mol. The fraction of sp³-hybridized carbons (Fsp3) is 0.286. The number of hydrogen-bond acceptors (Lipinski definition) is 7. The van der Waals surface area contributed by atoms with Gasteiger partial charge in [-0.1, -0.05) is 6.07 Å². The number of aromatic nitrogens is 2. The fourth-order valence-electron chi connectivity index (χ4n) is 4.16. The van der Waals surface area contributed by atoms with Crippen molar-refractivity contribution in [2.75, 3.05) is 25.6 Å². The van der Waals surface area contributed by atoms with Gasteiger partial charge in [0.05, 0.1) is 18.9 Å². The average Bonchev–Trinajstić information content (AvgIpc) is 2.86. The number of amides is 1. The number of halogens is 2. The molecule has 38 heavy (non-hydrogen) atoms. The van der Waals surface area contributed by atoms with Crippen LogP contribution < -0.4 is 10.6 Å². The zero-order chi connectivity index (χ0) is 27.7. The summed E-state index contributed by atoms with van der Waals surface area (Å²) in [6, 6.07) is 9.57. The first-order valence-electron chi connectivity index (χ1n) is 11.9. The summed E-state index contributed by atoms with van der Waals surface area (Å²) in [6.07, 6.45) is 4.50. The minimum absolute atomic E-state index is 0.0602. The van der Waals surface area contributed by atoms with E-state index in [2.05, 4.69) is 20.6 Å². The number of alkyl halides is 2. The number of benzene rings is 1. The lowest BCUT2D eigenvalue weighted by Crippen LogP contribution is -2.47. The fourth-order valence-corrected chi connectivity index (χ4v) is 4.16. The Balaban J connectivity index is 1.71. The zero-order valence-corrected chi connectivity index (χ0v) is 21.5. The largest absolute Gasteiger partial charge is 0.393 e. The van der Waals surface area contributed by atoms with Gasteiger partial charge in [-0.25, -0.2) is 0 Å². The summed E-state index contributed by atoms with van der Waals surface area (Å²) in [4.78, 5) is 21.1. The summed E-state index contributed by atoms with van der Waals surface area (Å²) in [5.74, 6) is -3.72. The number of aliphatic hydroxyl groups is 1. The maximum Gasteiger partial charge on any atom is 0.286 e. The van der Waals surface area contributed by atoms with Crippen LogP contribution in [0.4, 0.5) is 14.5 Å². The van der Waals surface area contributed by atoms with E-state index < -0.39 is 23.1 Å². The Labute approximate surface area is 219 Å². The highest BCUT2D eigenvalue weighted by Crippen LogP contribution is 2.37. The molecule has 1 aromatic carbocycles. The Hall–Kier alpha value is -4.02. The third kappa shape index (κ3) is 5.46. The predicted octanol–water partition coefficient (Wildman–Crippen LogP) is 4.63. The molecule has 4 N–H and O–H groups in total. The van der Waals surface area contributed by atoms with Gasteiger partial charge in [-0.3, -0.25) is 14.8 Å². The predicted molar refractivity (Wildman–Crippen MR) is 141 cm³/mol. The number of carbonyl (C=O) groups is 1. The molecule has 10 heteroatoms. The van der Waals surface area contributed by atoms with Crippen LogP contribution >= 0.6 is 0 Å². The van der Waals surface area contributed by atoms with Crippen LogP contribution in [0.25, 0.3) is 16.7 Å². The molecule has 0 aliphatic carbocycles. The molecule has 8 nitrogen and oxygen atoms in total. The first-order valence-corrected chi connectivity index (χ1v) is 11.9. The van der Waals surface area contributed by atoms with Gasteiger partial charge in [-0.05, 0) is 55.3 Å². The number of hydrogen-bond donors (Lipinski definition) is 4. The maximum atomic E-state index is 13.7. The van der Waals surface area contributed by atoms with Gasteiger partial charge in [0.2, 0.25) is 0 Å². The molecular formula is C28H29F2N5O3. The molecule has 1 aliphatic heterocycles. The van der Waals surface area contributed by atoms with Crippen molar-refractivity contribution in [2.24, 2.45) is 0 Å². The van der Waals surface area contributed by atoms with Crippen molar-refractivity contribution in [3.05, 3.63) is 83.1 Å². The summed E-state index contributed by atoms with van der Waals surface area (Å²) in [6.45, 7) is 4.49. The molecule has 1 fully saturated rings. The van der Waals surface area contributed by atoms with E-state index in [1.54, 1.807) is 38.5 Å². The van der Waals surface area contributed by atoms with Crippen LogP contribution in [0, 0.1) is 12.3 Å². The van der Waals surface area contributed by atoms with E-state index in [0.717, 1.165) is 24.1 Å². The summed E-state index contributed by atoms with van der Waals surface area (Å²) >= 11 is 0. The van der Waals surface area contributed by atoms with Crippen LogP contribution in [0.1, 0.15) is 46.7 Å². The van der Waals surface area contributed by atoms with Crippen molar-refractivity contribution in [3.8, 4) is 11.1 Å². The van der Waals surface area contributed by atoms with Crippen LogP contribution in [0.2, 0.25) is 0 Å². The summed E-state index contributed by atoms with van der Waals surface area (Å²) in [7, 11) is 1.72. The van der Waals surface area contributed by atoms with Crippen molar-refractivity contribution in [1.82, 2.24) is 15.3 Å². The van der Waals surface area contributed by atoms with Crippen LogP contribution in [-0.4, -0.2) is 47.0 Å². The minimum Gasteiger partial charge on any atom is -0.393 e. The Morgan fingerprint density at radius 1 is 1.21 bits per heavy atom. The van der Waals surface area contributed by atoms with Gasteiger partial charge in [0, 0.05) is 66.2 Å². The normalized spacial score (nSPS) is 15.0. The summed E-state index contributed by atoms with van der Waals surface area (Å²) in [5, 5.41) is 25.1. The van der Waals surface area contributed by atoms with Crippen LogP contribution in [0.15, 0.2) is 55.0 Å². The Kier molecular flexibility index (Phi) is 7.39. The smallest absolute Gasteiger partial charge is 0.286 e. The number of nitrogens with one attached hydrogen (secondary N) is 3. The SMILES string of the molecule is CN/C=C(\C(C)=N)c1ncc(-c2cc(NC(=O)c3ccnc(C(C)(F)F)c3)ccc2C)cc1C1(O)COC1. The van der Waals surface area contributed by atoms with Crippen molar-refractivity contribution in [3.63, 3.8) is 0 Å². The van der Waals surface area contributed by atoms with E-state index >= 15 is 0 Å². The van der Waals surface area contributed by atoms with E-state index in [9.17, 15) is 18.7 Å². The molecule has 0 unspecified atom stereocenters. The topological polar surface area (TPSA) is 120 Å². The average molecular weight is 522 g/mol. The van der Waals surface area contributed by atoms with E-state index in [1.165, 1.54) is 12.3 Å². The molecule has 3 aromatic rings. The molecule has 2 aromatic heterocycles. The highest BCUT2D eigenvalue weighted by atomic mass is 19.3. The molecule has 0 radical (unpaired) electrons. The lowest BCUT2D eigenvalue weighted by molar-refractivity contribution is -0.184. The zero-order valence-electron chi connectivity index (χ0n) is 21.5. The number of ether oxygens (including phenoxy) is 1. The van der Waals surface area contributed by atoms with Crippen molar-refractivity contribution >= 4 is 22.9 Å². The molecule has 198 valence electrons. The molecule has 1 saturated heterocycles. The third-order valence-corrected chi connectivity index (χ3v) is 6.30. The quantitative estimate of drug-likeness (QED) is 0.321. The number of pyridine rings is 2. The summed E-state index contributed by atoms with van der Waals surface area (Å²) in [5.41, 5.74) is 2.97. The van der Waals surface area contributed by atoms with E-state index in [0.29, 0.717) is 28.1 Å². The van der Waals surface area contributed by atoms with Crippen LogP contribution in [0.3, 0.4) is 0 Å². The van der Waals surface area contributed by atoms with Gasteiger partial charge < -0.3 is 25.9 Å². The van der Waals surface area contributed by atoms with Gasteiger partial charge in [-0.2, -0.15) is 8.78 Å². The molecule has 0 bridgehead atoms. The molecule has 0 spiro atoms. The number of anilines is 1. The minimum atomic E-state index is -3.17.